The fraction of sp³-hybridized carbons (Fsp3) is 0.286. The molecule has 1 aliphatic carbocycles. The Morgan fingerprint density at radius 3 is 2.42 bits per heavy atom. The molecule has 0 amide bonds. The van der Waals surface area contributed by atoms with E-state index < -0.39 is 0 Å². The first-order valence-corrected chi connectivity index (χ1v) is 6.38. The van der Waals surface area contributed by atoms with Gasteiger partial charge < -0.3 is 10.2 Å². The Morgan fingerprint density at radius 1 is 1.11 bits per heavy atom. The lowest BCUT2D eigenvalue weighted by Gasteiger charge is -2.20. The highest BCUT2D eigenvalue weighted by molar-refractivity contribution is 5.59. The molecular weight excluding hydrogens is 242 g/mol. The molecule has 1 unspecified atom stereocenters. The highest BCUT2D eigenvalue weighted by Gasteiger charge is 2.30. The van der Waals surface area contributed by atoms with Crippen LogP contribution in [0.25, 0.3) is 0 Å². The number of aromatic hydroxyl groups is 1. The van der Waals surface area contributed by atoms with E-state index in [2.05, 4.69) is 23.0 Å². The van der Waals surface area contributed by atoms with E-state index in [1.807, 2.05) is 24.3 Å². The third-order valence-corrected chi connectivity index (χ3v) is 3.37. The fourth-order valence-corrected chi connectivity index (χ4v) is 2.36. The molecule has 5 heteroatoms. The minimum absolute atomic E-state index is 0.0990. The number of nitrogens with zero attached hydrogens (tertiary/aromatic N) is 1. The maximum atomic E-state index is 9.98. The highest BCUT2D eigenvalue weighted by Crippen LogP contribution is 2.29. The second kappa shape index (κ2) is 5.05. The topological polar surface area (TPSA) is 67.8 Å². The number of rotatable bonds is 3. The van der Waals surface area contributed by atoms with Crippen molar-refractivity contribution in [2.75, 3.05) is 11.7 Å². The van der Waals surface area contributed by atoms with Crippen LogP contribution < -0.4 is 16.0 Å². The van der Waals surface area contributed by atoms with Crippen molar-refractivity contribution < 1.29 is 10.2 Å². The van der Waals surface area contributed by atoms with Crippen LogP contribution in [-0.2, 0) is 6.42 Å². The van der Waals surface area contributed by atoms with Gasteiger partial charge >= 0.3 is 0 Å². The van der Waals surface area contributed by atoms with Crippen LogP contribution in [0, 0.1) is 0 Å². The van der Waals surface area contributed by atoms with Crippen LogP contribution >= 0.6 is 0 Å². The van der Waals surface area contributed by atoms with Crippen molar-refractivity contribution in [1.29, 1.82) is 0 Å². The molecule has 1 aromatic carbocycles. The lowest BCUT2D eigenvalue weighted by atomic mass is 10.1. The Hall–Kier alpha value is -1.82. The Kier molecular flexibility index (Phi) is 3.25. The van der Waals surface area contributed by atoms with E-state index in [0.29, 0.717) is 12.1 Å². The minimum Gasteiger partial charge on any atom is -0.506 e. The predicted molar refractivity (Wildman–Crippen MR) is 73.5 cm³/mol. The van der Waals surface area contributed by atoms with E-state index in [4.69, 9.17) is 5.11 Å². The number of anilines is 1. The Morgan fingerprint density at radius 2 is 1.79 bits per heavy atom. The molecule has 0 bridgehead atoms. The SMILES string of the molecule is OCCc1ccc(O)c(N2NC3C=CC=C[C@@H]3N2)c1. The summed E-state index contributed by atoms with van der Waals surface area (Å²) in [4.78, 5) is 0. The molecule has 5 nitrogen and oxygen atoms in total. The molecule has 100 valence electrons. The zero-order valence-corrected chi connectivity index (χ0v) is 10.5. The van der Waals surface area contributed by atoms with Gasteiger partial charge in [-0.05, 0) is 24.1 Å². The molecule has 1 heterocycles. The lowest BCUT2D eigenvalue weighted by Crippen LogP contribution is -2.40. The Balaban J connectivity index is 1.84. The summed E-state index contributed by atoms with van der Waals surface area (Å²) in [5, 5.41) is 20.7. The molecule has 0 radical (unpaired) electrons. The molecule has 4 N–H and O–H groups in total. The summed E-state index contributed by atoms with van der Waals surface area (Å²) in [5.41, 5.74) is 8.22. The van der Waals surface area contributed by atoms with E-state index in [1.165, 1.54) is 0 Å². The largest absolute Gasteiger partial charge is 0.506 e. The number of hydrogen-bond acceptors (Lipinski definition) is 5. The van der Waals surface area contributed by atoms with E-state index in [1.54, 1.807) is 11.2 Å². The van der Waals surface area contributed by atoms with E-state index in [-0.39, 0.29) is 24.4 Å². The summed E-state index contributed by atoms with van der Waals surface area (Å²) < 4.78 is 0. The number of aliphatic hydroxyl groups is 1. The van der Waals surface area contributed by atoms with E-state index in [9.17, 15) is 5.11 Å². The van der Waals surface area contributed by atoms with Crippen LogP contribution in [0.5, 0.6) is 5.75 Å². The van der Waals surface area contributed by atoms with Gasteiger partial charge in [0.1, 0.15) is 11.4 Å². The van der Waals surface area contributed by atoms with Crippen LogP contribution in [-0.4, -0.2) is 28.9 Å². The fourth-order valence-electron chi connectivity index (χ4n) is 2.36. The third-order valence-electron chi connectivity index (χ3n) is 3.37. The first-order valence-electron chi connectivity index (χ1n) is 6.38. The number of allylic oxidation sites excluding steroid dienone is 2. The molecule has 1 fully saturated rings. The maximum Gasteiger partial charge on any atom is 0.141 e. The van der Waals surface area contributed by atoms with Crippen molar-refractivity contribution in [2.24, 2.45) is 0 Å². The van der Waals surface area contributed by atoms with Crippen molar-refractivity contribution in [3.05, 3.63) is 48.1 Å². The molecule has 1 aliphatic heterocycles. The van der Waals surface area contributed by atoms with Crippen LogP contribution in [0.2, 0.25) is 0 Å². The summed E-state index contributed by atoms with van der Waals surface area (Å²) >= 11 is 0. The van der Waals surface area contributed by atoms with Crippen molar-refractivity contribution in [1.82, 2.24) is 10.9 Å². The van der Waals surface area contributed by atoms with Gasteiger partial charge in [-0.3, -0.25) is 0 Å². The van der Waals surface area contributed by atoms with Gasteiger partial charge in [-0.2, -0.15) is 0 Å². The van der Waals surface area contributed by atoms with Crippen molar-refractivity contribution in [2.45, 2.75) is 18.5 Å². The molecule has 2 atom stereocenters. The average molecular weight is 259 g/mol. The van der Waals surface area contributed by atoms with Crippen LogP contribution in [0.15, 0.2) is 42.5 Å². The van der Waals surface area contributed by atoms with Gasteiger partial charge in [-0.15, -0.1) is 0 Å². The van der Waals surface area contributed by atoms with Crippen LogP contribution in [0.4, 0.5) is 5.69 Å². The number of hydrazine groups is 2. The molecule has 0 aromatic heterocycles. The number of hydrogen-bond donors (Lipinski definition) is 4. The number of nitrogens with one attached hydrogen (secondary N) is 2. The molecule has 19 heavy (non-hydrogen) atoms. The number of fused-ring (bicyclic) bond motifs is 1. The highest BCUT2D eigenvalue weighted by atomic mass is 16.3. The van der Waals surface area contributed by atoms with E-state index in [0.717, 1.165) is 5.56 Å². The number of aliphatic hydroxyl groups excluding tert-OH is 1. The summed E-state index contributed by atoms with van der Waals surface area (Å²) in [6.45, 7) is 0.0990. The zero-order chi connectivity index (χ0) is 13.2. The molecule has 1 saturated heterocycles. The predicted octanol–water partition coefficient (Wildman–Crippen LogP) is 0.619. The van der Waals surface area contributed by atoms with Gasteiger partial charge in [0.25, 0.3) is 0 Å². The second-order valence-corrected chi connectivity index (χ2v) is 4.71. The maximum absolute atomic E-state index is 9.98. The van der Waals surface area contributed by atoms with Gasteiger partial charge in [0, 0.05) is 6.61 Å². The summed E-state index contributed by atoms with van der Waals surface area (Å²) in [5.74, 6) is 0.202. The molecule has 2 aliphatic rings. The van der Waals surface area contributed by atoms with Crippen LogP contribution in [0.3, 0.4) is 0 Å². The van der Waals surface area contributed by atoms with Crippen molar-refractivity contribution in [3.8, 4) is 5.75 Å². The number of phenols is 1. The normalized spacial score (nSPS) is 24.8. The van der Waals surface area contributed by atoms with Gasteiger partial charge in [0.15, 0.2) is 0 Å². The Bertz CT molecular complexity index is 507. The first-order chi connectivity index (χ1) is 9.28. The molecule has 0 saturated carbocycles. The van der Waals surface area contributed by atoms with Crippen molar-refractivity contribution in [3.63, 3.8) is 0 Å². The van der Waals surface area contributed by atoms with Gasteiger partial charge in [0.05, 0.1) is 12.1 Å². The summed E-state index contributed by atoms with van der Waals surface area (Å²) in [6.07, 6.45) is 8.73. The van der Waals surface area contributed by atoms with Crippen LogP contribution in [0.1, 0.15) is 5.56 Å². The summed E-state index contributed by atoms with van der Waals surface area (Å²) in [7, 11) is 0. The van der Waals surface area contributed by atoms with Gasteiger partial charge in [-0.1, -0.05) is 30.4 Å². The Labute approximate surface area is 111 Å². The quantitative estimate of drug-likeness (QED) is 0.641. The van der Waals surface area contributed by atoms with Gasteiger partial charge in [0.2, 0.25) is 0 Å². The summed E-state index contributed by atoms with van der Waals surface area (Å²) in [6, 6.07) is 5.71. The zero-order valence-electron chi connectivity index (χ0n) is 10.5. The molecule has 1 aromatic rings. The molecular formula is C14H17N3O2. The van der Waals surface area contributed by atoms with Crippen molar-refractivity contribution >= 4 is 5.69 Å². The smallest absolute Gasteiger partial charge is 0.141 e. The number of benzene rings is 1. The number of phenolic OH excluding ortho intramolecular Hbond substituents is 1. The third kappa shape index (κ3) is 2.35. The molecule has 3 rings (SSSR count). The molecule has 0 spiro atoms. The lowest BCUT2D eigenvalue weighted by molar-refractivity contribution is 0.299. The standard InChI is InChI=1S/C14H17N3O2/c18-8-7-10-5-6-14(19)13(9-10)17-15-11-3-1-2-4-12(11)16-17/h1-6,9,11-12,15-16,18-19H,7-8H2/t11-,12?/m0/s1. The van der Waals surface area contributed by atoms with E-state index >= 15 is 0 Å². The average Bonchev–Trinajstić information content (AvgIpc) is 2.85. The minimum atomic E-state index is 0.0990. The first kappa shape index (κ1) is 12.2. The van der Waals surface area contributed by atoms with Gasteiger partial charge in [-0.25, -0.2) is 16.0 Å². The second-order valence-electron chi connectivity index (χ2n) is 4.71. The monoisotopic (exact) mass is 259 g/mol.